The fourth-order valence-corrected chi connectivity index (χ4v) is 2.34. The zero-order chi connectivity index (χ0) is 12.3. The van der Waals surface area contributed by atoms with Gasteiger partial charge in [0.2, 0.25) is 0 Å². The van der Waals surface area contributed by atoms with Gasteiger partial charge in [0.15, 0.2) is 0 Å². The molecule has 0 spiro atoms. The molecule has 0 heterocycles. The zero-order valence-electron chi connectivity index (χ0n) is 11.3. The van der Waals surface area contributed by atoms with Crippen LogP contribution in [0.1, 0.15) is 27.7 Å². The molecule has 3 heteroatoms. The van der Waals surface area contributed by atoms with Gasteiger partial charge in [-0.15, -0.1) is 0 Å². The van der Waals surface area contributed by atoms with E-state index in [0.29, 0.717) is 6.04 Å². The Morgan fingerprint density at radius 1 is 1.33 bits per heavy atom. The Morgan fingerprint density at radius 3 is 2.07 bits per heavy atom. The van der Waals surface area contributed by atoms with Crippen molar-refractivity contribution in [3.63, 3.8) is 0 Å². The third-order valence-electron chi connectivity index (χ3n) is 3.03. The predicted octanol–water partition coefficient (Wildman–Crippen LogP) is 2.16. The van der Waals surface area contributed by atoms with Gasteiger partial charge >= 0.3 is 0 Å². The lowest BCUT2D eigenvalue weighted by Crippen LogP contribution is -2.45. The van der Waals surface area contributed by atoms with Crippen LogP contribution in [0.15, 0.2) is 0 Å². The van der Waals surface area contributed by atoms with E-state index in [1.54, 1.807) is 0 Å². The number of rotatable bonds is 5. The summed E-state index contributed by atoms with van der Waals surface area (Å²) < 4.78 is 2.32. The van der Waals surface area contributed by atoms with Gasteiger partial charge in [0.05, 0.1) is 0 Å². The molecule has 0 aromatic rings. The Kier molecular flexibility index (Phi) is 5.38. The molecule has 0 bridgehead atoms. The molecule has 0 aliphatic heterocycles. The van der Waals surface area contributed by atoms with E-state index in [-0.39, 0.29) is 5.41 Å². The summed E-state index contributed by atoms with van der Waals surface area (Å²) in [6, 6.07) is 0.476. The monoisotopic (exact) mass is 232 g/mol. The lowest BCUT2D eigenvalue weighted by molar-refractivity contribution is 0.252. The highest BCUT2D eigenvalue weighted by atomic mass is 32.2. The molecule has 1 atom stereocenters. The largest absolute Gasteiger partial charge is 0.315 e. The van der Waals surface area contributed by atoms with Gasteiger partial charge in [-0.25, -0.2) is 0 Å². The van der Waals surface area contributed by atoms with Crippen molar-refractivity contribution in [3.05, 3.63) is 0 Å². The van der Waals surface area contributed by atoms with E-state index in [9.17, 15) is 0 Å². The number of hydrogen-bond donors (Lipinski definition) is 1. The van der Waals surface area contributed by atoms with Crippen LogP contribution in [0.3, 0.4) is 0 Å². The molecule has 0 amide bonds. The van der Waals surface area contributed by atoms with Gasteiger partial charge < -0.3 is 5.32 Å². The topological polar surface area (TPSA) is 15.3 Å². The molecular formula is C12H28N2S. The molecule has 92 valence electrons. The van der Waals surface area contributed by atoms with Gasteiger partial charge in [0.25, 0.3) is 0 Å². The van der Waals surface area contributed by atoms with Gasteiger partial charge in [-0.3, -0.25) is 4.31 Å². The second-order valence-electron chi connectivity index (χ2n) is 5.31. The van der Waals surface area contributed by atoms with Gasteiger partial charge in [-0.05, 0) is 25.3 Å². The molecule has 0 aliphatic carbocycles. The maximum atomic E-state index is 4.23. The highest BCUT2D eigenvalue weighted by Gasteiger charge is 2.24. The summed E-state index contributed by atoms with van der Waals surface area (Å²) in [6.07, 6.45) is 0. The van der Waals surface area contributed by atoms with Gasteiger partial charge in [0.1, 0.15) is 0 Å². The average Bonchev–Trinajstić information content (AvgIpc) is 2.11. The highest BCUT2D eigenvalue weighted by molar-refractivity contribution is 8.25. The van der Waals surface area contributed by atoms with E-state index >= 15 is 0 Å². The van der Waals surface area contributed by atoms with E-state index in [0.717, 1.165) is 12.3 Å². The van der Waals surface area contributed by atoms with E-state index in [4.69, 9.17) is 0 Å². The van der Waals surface area contributed by atoms with Gasteiger partial charge in [-0.1, -0.05) is 39.4 Å². The van der Waals surface area contributed by atoms with Crippen LogP contribution in [0, 0.1) is 5.41 Å². The van der Waals surface area contributed by atoms with Crippen molar-refractivity contribution in [3.8, 4) is 0 Å². The molecule has 0 aliphatic rings. The molecule has 0 rings (SSSR count). The van der Waals surface area contributed by atoms with Gasteiger partial charge in [0, 0.05) is 12.6 Å². The summed E-state index contributed by atoms with van der Waals surface area (Å²) in [7, 11) is 3.09. The highest BCUT2D eigenvalue weighted by Crippen LogP contribution is 2.26. The third-order valence-corrected chi connectivity index (χ3v) is 5.58. The van der Waals surface area contributed by atoms with Crippen molar-refractivity contribution in [1.82, 2.24) is 9.62 Å². The zero-order valence-corrected chi connectivity index (χ0v) is 12.1. The summed E-state index contributed by atoms with van der Waals surface area (Å²) in [4.78, 5) is 0. The third kappa shape index (κ3) is 4.58. The van der Waals surface area contributed by atoms with Crippen LogP contribution < -0.4 is 5.32 Å². The van der Waals surface area contributed by atoms with Crippen LogP contribution in [0.5, 0.6) is 0 Å². The van der Waals surface area contributed by atoms with Crippen LogP contribution in [0.4, 0.5) is 0 Å². The maximum absolute atomic E-state index is 4.23. The van der Waals surface area contributed by atoms with Crippen LogP contribution in [0.25, 0.3) is 0 Å². The van der Waals surface area contributed by atoms with Crippen LogP contribution in [-0.2, 0) is 0 Å². The molecule has 0 radical (unpaired) electrons. The minimum Gasteiger partial charge on any atom is -0.315 e. The fraction of sp³-hybridized carbons (Fsp3) is 0.833. The van der Waals surface area contributed by atoms with Crippen molar-refractivity contribution < 1.29 is 0 Å². The van der Waals surface area contributed by atoms with Crippen LogP contribution in [-0.4, -0.2) is 48.5 Å². The minimum absolute atomic E-state index is 0.270. The smallest absolute Gasteiger partial charge is 0.0249 e. The lowest BCUT2D eigenvalue weighted by Gasteiger charge is -2.36. The number of hydrogen-bond acceptors (Lipinski definition) is 2. The summed E-state index contributed by atoms with van der Waals surface area (Å²) in [5, 5.41) is 3.39. The molecule has 0 unspecified atom stereocenters. The standard InChI is InChI=1S/C12H28N2S/c1-9-15(7,8)14(6)10-11(13-5)12(2,3)4/h11,13H,7-10H2,1-6H3/t11-/m1/s1. The summed E-state index contributed by atoms with van der Waals surface area (Å²) in [5.74, 6) is 9.50. The first-order valence-electron chi connectivity index (χ1n) is 5.50. The quantitative estimate of drug-likeness (QED) is 0.731. The van der Waals surface area contributed by atoms with E-state index in [1.807, 2.05) is 7.05 Å². The first-order valence-corrected chi connectivity index (χ1v) is 7.60. The normalized spacial score (nSPS) is 15.7. The van der Waals surface area contributed by atoms with Crippen molar-refractivity contribution in [2.45, 2.75) is 33.7 Å². The Bertz CT molecular complexity index is 272. The Morgan fingerprint density at radius 2 is 1.80 bits per heavy atom. The second-order valence-corrected chi connectivity index (χ2v) is 8.51. The van der Waals surface area contributed by atoms with E-state index in [2.05, 4.69) is 56.1 Å². The molecule has 0 saturated heterocycles. The summed E-state index contributed by atoms with van der Waals surface area (Å²) >= 11 is 0. The molecular weight excluding hydrogens is 204 g/mol. The van der Waals surface area contributed by atoms with Crippen molar-refractivity contribution in [1.29, 1.82) is 0 Å². The van der Waals surface area contributed by atoms with Crippen molar-refractivity contribution in [2.24, 2.45) is 5.41 Å². The molecule has 2 nitrogen and oxygen atoms in total. The van der Waals surface area contributed by atoms with Crippen LogP contribution >= 0.6 is 9.39 Å². The Labute approximate surface area is 96.7 Å². The van der Waals surface area contributed by atoms with E-state index in [1.165, 1.54) is 0 Å². The predicted molar refractivity (Wildman–Crippen MR) is 77.3 cm³/mol. The Balaban J connectivity index is 4.59. The molecule has 15 heavy (non-hydrogen) atoms. The average molecular weight is 232 g/mol. The first-order chi connectivity index (χ1) is 6.65. The molecule has 0 aromatic carbocycles. The second kappa shape index (κ2) is 5.37. The molecule has 0 aromatic heterocycles. The number of nitrogens with one attached hydrogen (secondary N) is 1. The van der Waals surface area contributed by atoms with Crippen molar-refractivity contribution in [2.75, 3.05) is 26.4 Å². The van der Waals surface area contributed by atoms with Crippen LogP contribution in [0.2, 0.25) is 0 Å². The first kappa shape index (κ1) is 15.0. The van der Waals surface area contributed by atoms with Crippen molar-refractivity contribution >= 4 is 21.1 Å². The minimum atomic E-state index is -1.07. The fourth-order valence-electron chi connectivity index (χ4n) is 1.43. The molecule has 0 saturated carbocycles. The summed E-state index contributed by atoms with van der Waals surface area (Å²) in [6.45, 7) is 9.96. The number of nitrogens with zero attached hydrogens (tertiary/aromatic N) is 1. The van der Waals surface area contributed by atoms with Gasteiger partial charge in [-0.2, -0.15) is 9.39 Å². The summed E-state index contributed by atoms with van der Waals surface area (Å²) in [5.41, 5.74) is 0.270. The van der Waals surface area contributed by atoms with E-state index < -0.39 is 9.39 Å². The maximum Gasteiger partial charge on any atom is 0.0249 e. The molecule has 1 N–H and O–H groups in total. The SMILES string of the molecule is C=S(=C)(CC)N(C)C[C@@H](NC)C(C)(C)C. The molecule has 0 fully saturated rings. The number of likely N-dealkylation sites (N-methyl/N-ethyl adjacent to an activating group) is 2. The Hall–Kier alpha value is 0.01000. The lowest BCUT2D eigenvalue weighted by atomic mass is 9.87.